The Morgan fingerprint density at radius 3 is 2.68 bits per heavy atom. The van der Waals surface area contributed by atoms with Gasteiger partial charge in [0.05, 0.1) is 31.5 Å². The fourth-order valence-electron chi connectivity index (χ4n) is 3.86. The second kappa shape index (κ2) is 10.8. The minimum atomic E-state index is 0.195. The molecule has 1 N–H and O–H groups in total. The fraction of sp³-hybridized carbons (Fsp3) is 0.417. The average molecular weight is 487 g/mol. The van der Waals surface area contributed by atoms with Gasteiger partial charge in [-0.3, -0.25) is 0 Å². The van der Waals surface area contributed by atoms with Crippen LogP contribution in [0.25, 0.3) is 11.0 Å². The van der Waals surface area contributed by atoms with E-state index < -0.39 is 0 Å². The topological polar surface area (TPSA) is 61.2 Å². The highest BCUT2D eigenvalue weighted by Gasteiger charge is 2.17. The molecule has 0 fully saturated rings. The van der Waals surface area contributed by atoms with E-state index in [1.807, 2.05) is 19.2 Å². The van der Waals surface area contributed by atoms with Crippen LogP contribution in [0, 0.1) is 0 Å². The highest BCUT2D eigenvalue weighted by molar-refractivity contribution is 9.10. The molecule has 0 aliphatic heterocycles. The van der Waals surface area contributed by atoms with E-state index in [0.29, 0.717) is 0 Å². The largest absolute Gasteiger partial charge is 0.497 e. The van der Waals surface area contributed by atoms with Crippen molar-refractivity contribution in [2.24, 2.45) is 0 Å². The van der Waals surface area contributed by atoms with E-state index in [4.69, 9.17) is 9.47 Å². The van der Waals surface area contributed by atoms with Crippen LogP contribution < -0.4 is 14.8 Å². The van der Waals surface area contributed by atoms with E-state index in [1.54, 1.807) is 20.5 Å². The number of ether oxygens (including phenoxy) is 2. The van der Waals surface area contributed by atoms with Gasteiger partial charge in [-0.05, 0) is 53.9 Å². The van der Waals surface area contributed by atoms with Crippen molar-refractivity contribution >= 4 is 27.0 Å². The van der Waals surface area contributed by atoms with Gasteiger partial charge in [-0.15, -0.1) is 0 Å². The first kappa shape index (κ1) is 23.3. The zero-order valence-electron chi connectivity index (χ0n) is 18.9. The molecular weight excluding hydrogens is 456 g/mol. The Hall–Kier alpha value is -2.38. The number of rotatable bonds is 10. The lowest BCUT2D eigenvalue weighted by molar-refractivity contribution is 0.391. The molecule has 2 heterocycles. The van der Waals surface area contributed by atoms with Crippen LogP contribution >= 0.6 is 15.9 Å². The maximum atomic E-state index is 5.57. The second-order valence-electron chi connectivity index (χ2n) is 7.39. The standard InChI is InChI=1S/C24H31BrN4O2/c1-6-16(12-17-9-10-18(30-4)13-21(17)31-5)8-11-20-23-19(25)14-29(22(7-2)26-3)24(23)28-15-27-20/h8-10,13-15,22,26H,6-7,11-12H2,1-5H3/b16-8-. The van der Waals surface area contributed by atoms with Crippen LogP contribution in [0.1, 0.15) is 44.1 Å². The number of nitrogens with one attached hydrogen (secondary N) is 1. The lowest BCUT2D eigenvalue weighted by Gasteiger charge is -2.16. The number of benzene rings is 1. The highest BCUT2D eigenvalue weighted by Crippen LogP contribution is 2.31. The zero-order chi connectivity index (χ0) is 22.4. The molecule has 0 saturated heterocycles. The number of nitrogens with zero attached hydrogens (tertiary/aromatic N) is 3. The first-order chi connectivity index (χ1) is 15.1. The molecule has 7 heteroatoms. The second-order valence-corrected chi connectivity index (χ2v) is 8.24. The van der Waals surface area contributed by atoms with Crippen molar-refractivity contribution < 1.29 is 9.47 Å². The molecule has 0 saturated carbocycles. The van der Waals surface area contributed by atoms with Gasteiger partial charge in [-0.25, -0.2) is 9.97 Å². The van der Waals surface area contributed by atoms with E-state index >= 15 is 0 Å². The average Bonchev–Trinajstić information content (AvgIpc) is 3.14. The molecule has 0 aliphatic carbocycles. The molecule has 1 aromatic carbocycles. The lowest BCUT2D eigenvalue weighted by Crippen LogP contribution is -2.21. The predicted molar refractivity (Wildman–Crippen MR) is 129 cm³/mol. The molecule has 31 heavy (non-hydrogen) atoms. The Morgan fingerprint density at radius 1 is 1.23 bits per heavy atom. The molecule has 0 amide bonds. The van der Waals surface area contributed by atoms with Gasteiger partial charge in [0.2, 0.25) is 0 Å². The number of hydrogen-bond acceptors (Lipinski definition) is 5. The van der Waals surface area contributed by atoms with Crippen molar-refractivity contribution in [3.05, 3.63) is 58.1 Å². The van der Waals surface area contributed by atoms with Gasteiger partial charge in [0.1, 0.15) is 23.5 Å². The first-order valence-corrected chi connectivity index (χ1v) is 11.4. The predicted octanol–water partition coefficient (Wildman–Crippen LogP) is 5.46. The third-order valence-electron chi connectivity index (χ3n) is 5.65. The number of methoxy groups -OCH3 is 2. The summed E-state index contributed by atoms with van der Waals surface area (Å²) < 4.78 is 14.1. The summed E-state index contributed by atoms with van der Waals surface area (Å²) in [6, 6.07) is 5.98. The van der Waals surface area contributed by atoms with Gasteiger partial charge in [0.15, 0.2) is 0 Å². The van der Waals surface area contributed by atoms with Gasteiger partial charge in [-0.2, -0.15) is 0 Å². The number of allylic oxidation sites excluding steroid dienone is 2. The molecule has 0 aliphatic rings. The Balaban J connectivity index is 1.89. The summed E-state index contributed by atoms with van der Waals surface area (Å²) in [5.41, 5.74) is 4.46. The number of halogens is 1. The molecule has 3 rings (SSSR count). The number of fused-ring (bicyclic) bond motifs is 1. The molecular formula is C24H31BrN4O2. The maximum Gasteiger partial charge on any atom is 0.146 e. The van der Waals surface area contributed by atoms with Crippen LogP contribution in [0.3, 0.4) is 0 Å². The highest BCUT2D eigenvalue weighted by atomic mass is 79.9. The van der Waals surface area contributed by atoms with E-state index in [-0.39, 0.29) is 6.17 Å². The van der Waals surface area contributed by atoms with Crippen molar-refractivity contribution in [2.45, 2.75) is 45.7 Å². The van der Waals surface area contributed by atoms with E-state index in [9.17, 15) is 0 Å². The van der Waals surface area contributed by atoms with Crippen molar-refractivity contribution in [1.29, 1.82) is 0 Å². The molecule has 0 radical (unpaired) electrons. The quantitative estimate of drug-likeness (QED) is 0.385. The molecule has 2 aromatic heterocycles. The summed E-state index contributed by atoms with van der Waals surface area (Å²) in [5, 5.41) is 4.42. The van der Waals surface area contributed by atoms with E-state index in [2.05, 4.69) is 68.0 Å². The van der Waals surface area contributed by atoms with E-state index in [1.165, 1.54) is 5.57 Å². The summed E-state index contributed by atoms with van der Waals surface area (Å²) in [5.74, 6) is 1.65. The maximum absolute atomic E-state index is 5.57. The van der Waals surface area contributed by atoms with Gasteiger partial charge >= 0.3 is 0 Å². The summed E-state index contributed by atoms with van der Waals surface area (Å²) >= 11 is 3.73. The van der Waals surface area contributed by atoms with Crippen LogP contribution in [0.15, 0.2) is 46.8 Å². The van der Waals surface area contributed by atoms with Gasteiger partial charge in [0.25, 0.3) is 0 Å². The molecule has 0 spiro atoms. The Kier molecular flexibility index (Phi) is 8.09. The third-order valence-corrected chi connectivity index (χ3v) is 6.25. The van der Waals surface area contributed by atoms with Crippen LogP contribution in [-0.2, 0) is 12.8 Å². The number of hydrogen-bond donors (Lipinski definition) is 1. The van der Waals surface area contributed by atoms with E-state index in [0.717, 1.165) is 63.9 Å². The summed E-state index contributed by atoms with van der Waals surface area (Å²) in [6.45, 7) is 4.34. The van der Waals surface area contributed by atoms with Crippen molar-refractivity contribution in [1.82, 2.24) is 19.9 Å². The molecule has 0 bridgehead atoms. The van der Waals surface area contributed by atoms with Gasteiger partial charge in [-0.1, -0.05) is 31.6 Å². The number of aromatic nitrogens is 3. The van der Waals surface area contributed by atoms with Crippen molar-refractivity contribution in [3.63, 3.8) is 0 Å². The Bertz CT molecular complexity index is 1060. The first-order valence-electron chi connectivity index (χ1n) is 10.6. The normalized spacial score (nSPS) is 12.9. The summed E-state index contributed by atoms with van der Waals surface area (Å²) in [6.07, 6.45) is 9.75. The SMILES string of the molecule is CC/C(=C/Cc1ncnc2c1c(Br)cn2C(CC)NC)Cc1ccc(OC)cc1OC. The minimum absolute atomic E-state index is 0.195. The molecule has 1 atom stereocenters. The smallest absolute Gasteiger partial charge is 0.146 e. The molecule has 1 unspecified atom stereocenters. The van der Waals surface area contributed by atoms with Gasteiger partial charge < -0.3 is 19.4 Å². The van der Waals surface area contributed by atoms with Crippen LogP contribution in [-0.4, -0.2) is 35.8 Å². The minimum Gasteiger partial charge on any atom is -0.497 e. The Morgan fingerprint density at radius 2 is 2.03 bits per heavy atom. The molecule has 166 valence electrons. The monoisotopic (exact) mass is 486 g/mol. The summed E-state index contributed by atoms with van der Waals surface area (Å²) in [4.78, 5) is 9.17. The van der Waals surface area contributed by atoms with Crippen LogP contribution in [0.4, 0.5) is 0 Å². The lowest BCUT2D eigenvalue weighted by atomic mass is 10.00. The third kappa shape index (κ3) is 5.10. The summed E-state index contributed by atoms with van der Waals surface area (Å²) in [7, 11) is 5.33. The molecule has 3 aromatic rings. The van der Waals surface area contributed by atoms with Crippen LogP contribution in [0.5, 0.6) is 11.5 Å². The fourth-order valence-corrected chi connectivity index (χ4v) is 4.48. The van der Waals surface area contributed by atoms with Crippen molar-refractivity contribution in [3.8, 4) is 11.5 Å². The Labute approximate surface area is 192 Å². The van der Waals surface area contributed by atoms with Crippen LogP contribution in [0.2, 0.25) is 0 Å². The van der Waals surface area contributed by atoms with Crippen molar-refractivity contribution in [2.75, 3.05) is 21.3 Å². The molecule has 6 nitrogen and oxygen atoms in total. The zero-order valence-corrected chi connectivity index (χ0v) is 20.5. The van der Waals surface area contributed by atoms with Gasteiger partial charge in [0, 0.05) is 23.2 Å².